The molecule has 1 rings (SSSR count). The molecule has 0 atom stereocenters. The van der Waals surface area contributed by atoms with Gasteiger partial charge in [-0.3, -0.25) is 10.1 Å². The molecule has 0 aromatic heterocycles. The molecule has 0 saturated carbocycles. The molecule has 0 bridgehead atoms. The first-order valence-corrected chi connectivity index (χ1v) is 6.30. The van der Waals surface area contributed by atoms with Crippen molar-refractivity contribution in [1.82, 2.24) is 0 Å². The first-order chi connectivity index (χ1) is 9.10. The summed E-state index contributed by atoms with van der Waals surface area (Å²) < 4.78 is 0. The van der Waals surface area contributed by atoms with E-state index in [1.807, 2.05) is 4.90 Å². The second-order valence-corrected chi connectivity index (χ2v) is 4.44. The van der Waals surface area contributed by atoms with Crippen LogP contribution in [-0.2, 0) is 6.61 Å². The van der Waals surface area contributed by atoms with Gasteiger partial charge < -0.3 is 15.1 Å². The van der Waals surface area contributed by atoms with E-state index >= 15 is 0 Å². The average molecular weight is 268 g/mol. The highest BCUT2D eigenvalue weighted by atomic mass is 16.6. The lowest BCUT2D eigenvalue weighted by Gasteiger charge is -2.19. The number of nitro groups is 1. The molecule has 2 N–H and O–H groups in total. The van der Waals surface area contributed by atoms with E-state index in [9.17, 15) is 10.1 Å². The first-order valence-electron chi connectivity index (χ1n) is 6.30. The molecule has 0 amide bonds. The van der Waals surface area contributed by atoms with Crippen molar-refractivity contribution in [2.45, 2.75) is 25.9 Å². The van der Waals surface area contributed by atoms with Gasteiger partial charge in [0.25, 0.3) is 5.69 Å². The Labute approximate surface area is 112 Å². The summed E-state index contributed by atoms with van der Waals surface area (Å²) in [6, 6.07) is 4.75. The standard InChI is InChI=1S/C13H20N2O4/c1-14(7-3-2-4-8-16)12-6-5-11(10-17)9-13(12)15(18)19/h5-6,9,16-17H,2-4,7-8,10H2,1H3. The molecule has 0 aliphatic carbocycles. The molecular formula is C13H20N2O4. The Morgan fingerprint density at radius 1 is 1.26 bits per heavy atom. The van der Waals surface area contributed by atoms with Crippen LogP contribution in [0.25, 0.3) is 0 Å². The third kappa shape index (κ3) is 4.50. The molecule has 1 aromatic rings. The summed E-state index contributed by atoms with van der Waals surface area (Å²) in [4.78, 5) is 12.4. The van der Waals surface area contributed by atoms with Gasteiger partial charge in [-0.25, -0.2) is 0 Å². The van der Waals surface area contributed by atoms with Crippen LogP contribution in [0.15, 0.2) is 18.2 Å². The fourth-order valence-electron chi connectivity index (χ4n) is 1.89. The number of rotatable bonds is 8. The minimum absolute atomic E-state index is 0.0104. The van der Waals surface area contributed by atoms with E-state index in [0.29, 0.717) is 17.8 Å². The molecule has 0 heterocycles. The lowest BCUT2D eigenvalue weighted by Crippen LogP contribution is -2.19. The second-order valence-electron chi connectivity index (χ2n) is 4.44. The van der Waals surface area contributed by atoms with Crippen LogP contribution in [0.1, 0.15) is 24.8 Å². The Morgan fingerprint density at radius 3 is 2.58 bits per heavy atom. The van der Waals surface area contributed by atoms with Gasteiger partial charge in [-0.1, -0.05) is 6.07 Å². The Morgan fingerprint density at radius 2 is 2.00 bits per heavy atom. The summed E-state index contributed by atoms with van der Waals surface area (Å²) in [5.74, 6) is 0. The molecule has 0 radical (unpaired) electrons. The predicted molar refractivity (Wildman–Crippen MR) is 73.2 cm³/mol. The Hall–Kier alpha value is -1.66. The Balaban J connectivity index is 2.77. The topological polar surface area (TPSA) is 86.8 Å². The molecule has 6 nitrogen and oxygen atoms in total. The molecule has 0 saturated heterocycles. The minimum Gasteiger partial charge on any atom is -0.396 e. The number of unbranched alkanes of at least 4 members (excludes halogenated alkanes) is 2. The van der Waals surface area contributed by atoms with Crippen molar-refractivity contribution >= 4 is 11.4 Å². The fraction of sp³-hybridized carbons (Fsp3) is 0.538. The molecule has 0 unspecified atom stereocenters. The second kappa shape index (κ2) is 7.70. The van der Waals surface area contributed by atoms with E-state index in [1.165, 1.54) is 6.07 Å². The molecule has 0 aliphatic rings. The number of nitro benzene ring substituents is 1. The fourth-order valence-corrected chi connectivity index (χ4v) is 1.89. The zero-order valence-corrected chi connectivity index (χ0v) is 11.1. The van der Waals surface area contributed by atoms with Crippen molar-refractivity contribution in [1.29, 1.82) is 0 Å². The maximum Gasteiger partial charge on any atom is 0.292 e. The summed E-state index contributed by atoms with van der Waals surface area (Å²) in [7, 11) is 1.81. The van der Waals surface area contributed by atoms with Crippen LogP contribution in [0.5, 0.6) is 0 Å². The van der Waals surface area contributed by atoms with E-state index < -0.39 is 4.92 Å². The van der Waals surface area contributed by atoms with E-state index in [0.717, 1.165) is 19.3 Å². The van der Waals surface area contributed by atoms with Gasteiger partial charge in [-0.15, -0.1) is 0 Å². The van der Waals surface area contributed by atoms with Crippen LogP contribution < -0.4 is 4.90 Å². The number of nitrogens with zero attached hydrogens (tertiary/aromatic N) is 2. The van der Waals surface area contributed by atoms with E-state index in [1.54, 1.807) is 19.2 Å². The van der Waals surface area contributed by atoms with Crippen LogP contribution >= 0.6 is 0 Å². The summed E-state index contributed by atoms with van der Waals surface area (Å²) in [6.07, 6.45) is 2.51. The first kappa shape index (κ1) is 15.4. The number of benzene rings is 1. The highest BCUT2D eigenvalue weighted by Crippen LogP contribution is 2.28. The van der Waals surface area contributed by atoms with Crippen LogP contribution in [0.3, 0.4) is 0 Å². The van der Waals surface area contributed by atoms with Crippen LogP contribution in [0.2, 0.25) is 0 Å². The highest BCUT2D eigenvalue weighted by molar-refractivity contribution is 5.63. The molecular weight excluding hydrogens is 248 g/mol. The summed E-state index contributed by atoms with van der Waals surface area (Å²) in [5, 5.41) is 28.7. The highest BCUT2D eigenvalue weighted by Gasteiger charge is 2.17. The molecule has 6 heteroatoms. The van der Waals surface area contributed by atoms with Gasteiger partial charge in [-0.05, 0) is 30.9 Å². The van der Waals surface area contributed by atoms with Gasteiger partial charge >= 0.3 is 0 Å². The summed E-state index contributed by atoms with van der Waals surface area (Å²) in [6.45, 7) is 0.662. The number of hydrogen-bond donors (Lipinski definition) is 2. The SMILES string of the molecule is CN(CCCCCO)c1ccc(CO)cc1[N+](=O)[O-]. The maximum atomic E-state index is 11.0. The molecule has 0 spiro atoms. The van der Waals surface area contributed by atoms with Crippen molar-refractivity contribution in [2.24, 2.45) is 0 Å². The maximum absolute atomic E-state index is 11.0. The molecule has 1 aromatic carbocycles. The van der Waals surface area contributed by atoms with Gasteiger partial charge in [0.2, 0.25) is 0 Å². The molecule has 0 fully saturated rings. The number of hydrogen-bond acceptors (Lipinski definition) is 5. The third-order valence-corrected chi connectivity index (χ3v) is 2.98. The van der Waals surface area contributed by atoms with Crippen LogP contribution in [0, 0.1) is 10.1 Å². The van der Waals surface area contributed by atoms with Gasteiger partial charge in [-0.2, -0.15) is 0 Å². The zero-order chi connectivity index (χ0) is 14.3. The normalized spacial score (nSPS) is 10.5. The molecule has 19 heavy (non-hydrogen) atoms. The number of aliphatic hydroxyl groups excluding tert-OH is 2. The summed E-state index contributed by atoms with van der Waals surface area (Å²) >= 11 is 0. The minimum atomic E-state index is -0.432. The van der Waals surface area contributed by atoms with E-state index in [2.05, 4.69) is 0 Å². The van der Waals surface area contributed by atoms with Crippen molar-refractivity contribution in [3.05, 3.63) is 33.9 Å². The van der Waals surface area contributed by atoms with Gasteiger partial charge in [0.1, 0.15) is 5.69 Å². The van der Waals surface area contributed by atoms with Crippen molar-refractivity contribution in [2.75, 3.05) is 25.1 Å². The van der Waals surface area contributed by atoms with Crippen molar-refractivity contribution < 1.29 is 15.1 Å². The van der Waals surface area contributed by atoms with Gasteiger partial charge in [0.15, 0.2) is 0 Å². The molecule has 106 valence electrons. The van der Waals surface area contributed by atoms with E-state index in [4.69, 9.17) is 10.2 Å². The van der Waals surface area contributed by atoms with Crippen LogP contribution in [-0.4, -0.2) is 35.3 Å². The lowest BCUT2D eigenvalue weighted by molar-refractivity contribution is -0.384. The van der Waals surface area contributed by atoms with Crippen LogP contribution in [0.4, 0.5) is 11.4 Å². The van der Waals surface area contributed by atoms with E-state index in [-0.39, 0.29) is 18.9 Å². The lowest BCUT2D eigenvalue weighted by atomic mass is 10.1. The molecule has 0 aliphatic heterocycles. The Bertz CT molecular complexity index is 423. The number of anilines is 1. The van der Waals surface area contributed by atoms with Crippen molar-refractivity contribution in [3.8, 4) is 0 Å². The van der Waals surface area contributed by atoms with Gasteiger partial charge in [0.05, 0.1) is 11.5 Å². The monoisotopic (exact) mass is 268 g/mol. The Kier molecular flexibility index (Phi) is 6.24. The van der Waals surface area contributed by atoms with Gasteiger partial charge in [0, 0.05) is 26.3 Å². The van der Waals surface area contributed by atoms with Crippen molar-refractivity contribution in [3.63, 3.8) is 0 Å². The average Bonchev–Trinajstić information content (AvgIpc) is 2.42. The summed E-state index contributed by atoms with van der Waals surface area (Å²) in [5.41, 5.74) is 1.09. The number of aliphatic hydroxyl groups is 2. The zero-order valence-electron chi connectivity index (χ0n) is 11.1. The smallest absolute Gasteiger partial charge is 0.292 e. The largest absolute Gasteiger partial charge is 0.396 e. The predicted octanol–water partition coefficient (Wildman–Crippen LogP) is 1.69. The quantitative estimate of drug-likeness (QED) is 0.425. The third-order valence-electron chi connectivity index (χ3n) is 2.98.